The van der Waals surface area contributed by atoms with Gasteiger partial charge in [0.15, 0.2) is 0 Å². The summed E-state index contributed by atoms with van der Waals surface area (Å²) in [5.74, 6) is -0.0132. The van der Waals surface area contributed by atoms with Gasteiger partial charge in [-0.1, -0.05) is 93.9 Å². The summed E-state index contributed by atoms with van der Waals surface area (Å²) in [5.41, 5.74) is 7.84. The Morgan fingerprint density at radius 1 is 0.581 bits per heavy atom. The molecule has 0 saturated carbocycles. The molecule has 3 aliphatic carbocycles. The van der Waals surface area contributed by atoms with Gasteiger partial charge in [-0.3, -0.25) is 9.59 Å². The zero-order chi connectivity index (χ0) is 30.4. The Bertz CT molecular complexity index is 1690. The molecule has 218 valence electrons. The maximum atomic E-state index is 14.3. The molecule has 0 aromatic heterocycles. The van der Waals surface area contributed by atoms with E-state index in [1.54, 1.807) is 0 Å². The Morgan fingerprint density at radius 3 is 1.42 bits per heavy atom. The van der Waals surface area contributed by atoms with Gasteiger partial charge in [0.05, 0.1) is 17.5 Å². The van der Waals surface area contributed by atoms with Crippen molar-refractivity contribution in [1.82, 2.24) is 0 Å². The fourth-order valence-electron chi connectivity index (χ4n) is 7.27. The molecule has 1 saturated heterocycles. The molecule has 0 radical (unpaired) electrons. The van der Waals surface area contributed by atoms with Crippen molar-refractivity contribution in [2.24, 2.45) is 11.8 Å². The van der Waals surface area contributed by atoms with E-state index in [2.05, 4.69) is 93.9 Å². The quantitative estimate of drug-likeness (QED) is 0.211. The number of halogens is 1. The Balaban J connectivity index is 1.30. The van der Waals surface area contributed by atoms with Crippen LogP contribution in [0.3, 0.4) is 0 Å². The standard InChI is InChI=1S/C38H36BrNO3/c1-37(2,3)21-7-17-27-29(19-21)31-28-18-8-22(38(4,5)6)20-30(28)32(27)34-33(31)35(41)40(36(34)42)24-11-15-26(16-12-24)43-25-13-9-23(39)10-14-25/h7-20,31-34H,1-6H3/t31-,32+,33-,34-/m1/s1. The van der Waals surface area contributed by atoms with E-state index >= 15 is 0 Å². The molecule has 1 fully saturated rings. The van der Waals surface area contributed by atoms with Gasteiger partial charge >= 0.3 is 0 Å². The van der Waals surface area contributed by atoms with E-state index < -0.39 is 11.8 Å². The zero-order valence-corrected chi connectivity index (χ0v) is 27.0. The molecule has 2 bridgehead atoms. The highest BCUT2D eigenvalue weighted by Gasteiger charge is 2.62. The van der Waals surface area contributed by atoms with Gasteiger partial charge in [-0.15, -0.1) is 0 Å². The van der Waals surface area contributed by atoms with Crippen molar-refractivity contribution >= 4 is 33.4 Å². The van der Waals surface area contributed by atoms with Crippen LogP contribution in [-0.4, -0.2) is 11.8 Å². The van der Waals surface area contributed by atoms with E-state index in [1.807, 2.05) is 48.5 Å². The van der Waals surface area contributed by atoms with Crippen LogP contribution in [0.15, 0.2) is 89.4 Å². The Hall–Kier alpha value is -3.70. The maximum Gasteiger partial charge on any atom is 0.238 e. The minimum Gasteiger partial charge on any atom is -0.457 e. The van der Waals surface area contributed by atoms with Gasteiger partial charge in [-0.25, -0.2) is 4.90 Å². The molecule has 4 nitrogen and oxygen atoms in total. The van der Waals surface area contributed by atoms with Crippen molar-refractivity contribution in [3.8, 4) is 11.5 Å². The summed E-state index contributed by atoms with van der Waals surface area (Å²) in [7, 11) is 0. The molecule has 4 atom stereocenters. The van der Waals surface area contributed by atoms with E-state index in [-0.39, 0.29) is 34.5 Å². The van der Waals surface area contributed by atoms with Gasteiger partial charge < -0.3 is 4.74 Å². The second kappa shape index (κ2) is 9.65. The molecule has 0 N–H and O–H groups in total. The van der Waals surface area contributed by atoms with Crippen LogP contribution in [0.5, 0.6) is 11.5 Å². The zero-order valence-electron chi connectivity index (χ0n) is 25.4. The molecule has 2 amide bonds. The van der Waals surface area contributed by atoms with E-state index in [1.165, 1.54) is 38.3 Å². The number of carbonyl (C=O) groups excluding carboxylic acids is 2. The van der Waals surface area contributed by atoms with Crippen LogP contribution < -0.4 is 9.64 Å². The molecule has 4 aromatic carbocycles. The number of ether oxygens (including phenoxy) is 1. The lowest BCUT2D eigenvalue weighted by atomic mass is 9.54. The SMILES string of the molecule is CC(C)(C)c1ccc2c(c1)[C@H]1c3ccc(C(C)(C)C)cc3[C@H]2[C@H]2C(=O)N(c3ccc(Oc4ccc(Br)cc4)cc3)C(=O)[C@H]12. The molecule has 4 aromatic rings. The van der Waals surface area contributed by atoms with Gasteiger partial charge in [0.25, 0.3) is 0 Å². The molecular formula is C38H36BrNO3. The third-order valence-corrected chi connectivity index (χ3v) is 10.0. The van der Waals surface area contributed by atoms with Crippen LogP contribution in [0.25, 0.3) is 0 Å². The third kappa shape index (κ3) is 4.47. The van der Waals surface area contributed by atoms with Gasteiger partial charge in [-0.2, -0.15) is 0 Å². The van der Waals surface area contributed by atoms with Gasteiger partial charge in [-0.05, 0) is 92.7 Å². The Kier molecular flexibility index (Phi) is 6.31. The summed E-state index contributed by atoms with van der Waals surface area (Å²) < 4.78 is 6.97. The monoisotopic (exact) mass is 633 g/mol. The first kappa shape index (κ1) is 28.1. The lowest BCUT2D eigenvalue weighted by molar-refractivity contribution is -0.122. The number of anilines is 1. The van der Waals surface area contributed by atoms with Crippen LogP contribution >= 0.6 is 15.9 Å². The van der Waals surface area contributed by atoms with Crippen LogP contribution in [0.4, 0.5) is 5.69 Å². The summed E-state index contributed by atoms with van der Waals surface area (Å²) in [6.07, 6.45) is 0. The molecule has 8 rings (SSSR count). The van der Waals surface area contributed by atoms with Crippen LogP contribution in [0, 0.1) is 11.8 Å². The highest BCUT2D eigenvalue weighted by Crippen LogP contribution is 2.62. The van der Waals surface area contributed by atoms with Crippen molar-refractivity contribution < 1.29 is 14.3 Å². The Labute approximate surface area is 262 Å². The van der Waals surface area contributed by atoms with Gasteiger partial charge in [0.1, 0.15) is 11.5 Å². The number of imide groups is 1. The number of amides is 2. The lowest BCUT2D eigenvalue weighted by Crippen LogP contribution is -2.42. The summed E-state index contributed by atoms with van der Waals surface area (Å²) in [6.45, 7) is 13.3. The predicted molar refractivity (Wildman–Crippen MR) is 174 cm³/mol. The molecule has 0 unspecified atom stereocenters. The first-order valence-electron chi connectivity index (χ1n) is 15.0. The number of benzene rings is 4. The minimum absolute atomic E-state index is 0.0222. The molecule has 1 aliphatic heterocycles. The van der Waals surface area contributed by atoms with Gasteiger partial charge in [0, 0.05) is 16.3 Å². The Morgan fingerprint density at radius 2 is 1.00 bits per heavy atom. The third-order valence-electron chi connectivity index (χ3n) is 9.51. The second-order valence-corrected chi connectivity index (χ2v) is 15.2. The first-order valence-corrected chi connectivity index (χ1v) is 15.8. The number of nitrogens with zero attached hydrogens (tertiary/aromatic N) is 1. The normalized spacial score (nSPS) is 22.3. The molecule has 5 heteroatoms. The maximum absolute atomic E-state index is 14.3. The summed E-state index contributed by atoms with van der Waals surface area (Å²) in [6, 6.07) is 28.4. The fourth-order valence-corrected chi connectivity index (χ4v) is 7.53. The fraction of sp³-hybridized carbons (Fsp3) is 0.316. The molecule has 1 heterocycles. The largest absolute Gasteiger partial charge is 0.457 e. The van der Waals surface area contributed by atoms with Crippen LogP contribution in [-0.2, 0) is 20.4 Å². The van der Waals surface area contributed by atoms with Crippen molar-refractivity contribution in [3.05, 3.63) is 123 Å². The molecule has 43 heavy (non-hydrogen) atoms. The van der Waals surface area contributed by atoms with E-state index in [4.69, 9.17) is 4.74 Å². The summed E-state index contributed by atoms with van der Waals surface area (Å²) in [4.78, 5) is 30.1. The topological polar surface area (TPSA) is 46.6 Å². The van der Waals surface area contributed by atoms with E-state index in [0.29, 0.717) is 17.2 Å². The van der Waals surface area contributed by atoms with Crippen LogP contribution in [0.1, 0.15) is 86.8 Å². The predicted octanol–water partition coefficient (Wildman–Crippen LogP) is 9.23. The number of hydrogen-bond acceptors (Lipinski definition) is 3. The number of rotatable bonds is 3. The average molecular weight is 635 g/mol. The second-order valence-electron chi connectivity index (χ2n) is 14.3. The number of hydrogen-bond donors (Lipinski definition) is 0. The van der Waals surface area contributed by atoms with Crippen LogP contribution in [0.2, 0.25) is 0 Å². The van der Waals surface area contributed by atoms with E-state index in [9.17, 15) is 9.59 Å². The van der Waals surface area contributed by atoms with Gasteiger partial charge in [0.2, 0.25) is 11.8 Å². The van der Waals surface area contributed by atoms with Crippen molar-refractivity contribution in [3.63, 3.8) is 0 Å². The highest BCUT2D eigenvalue weighted by molar-refractivity contribution is 9.10. The highest BCUT2D eigenvalue weighted by atomic mass is 79.9. The molecule has 0 spiro atoms. The minimum atomic E-state index is -0.424. The average Bonchev–Trinajstić information content (AvgIpc) is 3.23. The van der Waals surface area contributed by atoms with E-state index in [0.717, 1.165) is 4.47 Å². The smallest absolute Gasteiger partial charge is 0.238 e. The first-order chi connectivity index (χ1) is 20.3. The molecular weight excluding hydrogens is 598 g/mol. The van der Waals surface area contributed by atoms with Crippen molar-refractivity contribution in [2.45, 2.75) is 64.2 Å². The summed E-state index contributed by atoms with van der Waals surface area (Å²) in [5, 5.41) is 0. The van der Waals surface area contributed by atoms with Crippen molar-refractivity contribution in [2.75, 3.05) is 4.90 Å². The van der Waals surface area contributed by atoms with Crippen molar-refractivity contribution in [1.29, 1.82) is 0 Å². The summed E-state index contributed by atoms with van der Waals surface area (Å²) >= 11 is 3.45. The lowest BCUT2D eigenvalue weighted by Gasteiger charge is -2.47. The molecule has 4 aliphatic rings. The number of carbonyl (C=O) groups is 2.